The number of hydrogen-bond donors (Lipinski definition) is 1. The molecule has 4 nitrogen and oxygen atoms in total. The minimum absolute atomic E-state index is 0.0612. The van der Waals surface area contributed by atoms with Gasteiger partial charge in [-0.05, 0) is 12.8 Å². The van der Waals surface area contributed by atoms with Gasteiger partial charge in [0.05, 0.1) is 12.1 Å². The minimum atomic E-state index is -0.185. The van der Waals surface area contributed by atoms with E-state index in [4.69, 9.17) is 5.26 Å². The zero-order valence-corrected chi connectivity index (χ0v) is 8.72. The maximum Gasteiger partial charge on any atom is 0.241 e. The quantitative estimate of drug-likeness (QED) is 0.671. The Bertz CT molecular complexity index is 270. The molecule has 2 fully saturated rings. The molecule has 2 saturated heterocycles. The van der Waals surface area contributed by atoms with Gasteiger partial charge in [-0.2, -0.15) is 5.26 Å². The van der Waals surface area contributed by atoms with Crippen LogP contribution in [0.3, 0.4) is 0 Å². The van der Waals surface area contributed by atoms with Crippen LogP contribution in [0.15, 0.2) is 0 Å². The summed E-state index contributed by atoms with van der Waals surface area (Å²) < 4.78 is 0. The van der Waals surface area contributed by atoms with E-state index in [-0.39, 0.29) is 18.0 Å². The van der Waals surface area contributed by atoms with Crippen molar-refractivity contribution in [2.45, 2.75) is 24.9 Å². The van der Waals surface area contributed by atoms with Gasteiger partial charge < -0.3 is 4.90 Å². The van der Waals surface area contributed by atoms with E-state index >= 15 is 0 Å². The Hall–Kier alpha value is -0.730. The van der Waals surface area contributed by atoms with Crippen molar-refractivity contribution in [3.05, 3.63) is 0 Å². The largest absolute Gasteiger partial charge is 0.325 e. The van der Waals surface area contributed by atoms with Crippen molar-refractivity contribution in [1.82, 2.24) is 10.2 Å². The maximum absolute atomic E-state index is 11.9. The number of nitriles is 1. The topological polar surface area (TPSA) is 56.1 Å². The van der Waals surface area contributed by atoms with Crippen LogP contribution in [0.2, 0.25) is 0 Å². The lowest BCUT2D eigenvalue weighted by molar-refractivity contribution is -0.132. The number of thioether (sulfide) groups is 1. The van der Waals surface area contributed by atoms with Crippen LogP contribution in [0.5, 0.6) is 0 Å². The van der Waals surface area contributed by atoms with Crippen molar-refractivity contribution in [2.24, 2.45) is 0 Å². The number of likely N-dealkylation sites (tertiary alicyclic amines) is 1. The average molecular weight is 211 g/mol. The highest BCUT2D eigenvalue weighted by Crippen LogP contribution is 2.20. The number of hydrogen-bond acceptors (Lipinski definition) is 4. The monoisotopic (exact) mass is 211 g/mol. The summed E-state index contributed by atoms with van der Waals surface area (Å²) in [5.41, 5.74) is 0. The van der Waals surface area contributed by atoms with Gasteiger partial charge in [0.1, 0.15) is 6.04 Å². The Morgan fingerprint density at radius 3 is 3.14 bits per heavy atom. The summed E-state index contributed by atoms with van der Waals surface area (Å²) in [5, 5.41) is 12.0. The summed E-state index contributed by atoms with van der Waals surface area (Å²) in [6.07, 6.45) is 1.80. The molecule has 14 heavy (non-hydrogen) atoms. The van der Waals surface area contributed by atoms with Crippen LogP contribution in [0, 0.1) is 11.3 Å². The fourth-order valence-electron chi connectivity index (χ4n) is 1.92. The van der Waals surface area contributed by atoms with Crippen molar-refractivity contribution in [3.63, 3.8) is 0 Å². The third-order valence-corrected chi connectivity index (χ3v) is 3.64. The zero-order chi connectivity index (χ0) is 9.97. The van der Waals surface area contributed by atoms with Gasteiger partial charge in [-0.15, -0.1) is 11.8 Å². The predicted octanol–water partition coefficient (Wildman–Crippen LogP) is 0.163. The van der Waals surface area contributed by atoms with Crippen LogP contribution in [-0.2, 0) is 4.79 Å². The van der Waals surface area contributed by atoms with Gasteiger partial charge in [0.2, 0.25) is 5.91 Å². The van der Waals surface area contributed by atoms with Crippen LogP contribution in [0.4, 0.5) is 0 Å². The second kappa shape index (κ2) is 4.20. The molecule has 1 amide bonds. The highest BCUT2D eigenvalue weighted by atomic mass is 32.2. The van der Waals surface area contributed by atoms with Crippen LogP contribution in [-0.4, -0.2) is 41.1 Å². The minimum Gasteiger partial charge on any atom is -0.325 e. The predicted molar refractivity (Wildman–Crippen MR) is 54.6 cm³/mol. The Balaban J connectivity index is 2.00. The number of rotatable bonds is 1. The van der Waals surface area contributed by atoms with E-state index in [2.05, 4.69) is 11.4 Å². The summed E-state index contributed by atoms with van der Waals surface area (Å²) in [7, 11) is 0. The molecule has 1 N–H and O–H groups in total. The van der Waals surface area contributed by atoms with Gasteiger partial charge in [0.15, 0.2) is 0 Å². The van der Waals surface area contributed by atoms with E-state index in [1.54, 1.807) is 16.7 Å². The summed E-state index contributed by atoms with van der Waals surface area (Å²) in [4.78, 5) is 13.6. The van der Waals surface area contributed by atoms with Crippen LogP contribution in [0.25, 0.3) is 0 Å². The molecule has 0 radical (unpaired) electrons. The fourth-order valence-corrected chi connectivity index (χ4v) is 2.85. The molecular weight excluding hydrogens is 198 g/mol. The molecule has 0 aromatic heterocycles. The summed E-state index contributed by atoms with van der Waals surface area (Å²) in [6, 6.07) is 1.94. The SMILES string of the molecule is N#C[C@@H]1CCCN1C(=O)[C@@H]1CSCN1. The third kappa shape index (κ3) is 1.72. The molecule has 5 heteroatoms. The van der Waals surface area contributed by atoms with Gasteiger partial charge in [0.25, 0.3) is 0 Å². The van der Waals surface area contributed by atoms with Crippen molar-refractivity contribution in [3.8, 4) is 6.07 Å². The van der Waals surface area contributed by atoms with Gasteiger partial charge in [-0.25, -0.2) is 0 Å². The first-order chi connectivity index (χ1) is 6.83. The number of carbonyl (C=O) groups excluding carboxylic acids is 1. The average Bonchev–Trinajstić information content (AvgIpc) is 2.87. The summed E-state index contributed by atoms with van der Waals surface area (Å²) in [5.74, 6) is 1.80. The first kappa shape index (κ1) is 9.81. The lowest BCUT2D eigenvalue weighted by Crippen LogP contribution is -2.46. The lowest BCUT2D eigenvalue weighted by Gasteiger charge is -2.22. The summed E-state index contributed by atoms with van der Waals surface area (Å²) >= 11 is 1.74. The summed E-state index contributed by atoms with van der Waals surface area (Å²) in [6.45, 7) is 0.750. The highest BCUT2D eigenvalue weighted by Gasteiger charge is 2.34. The molecule has 2 aliphatic rings. The van der Waals surface area contributed by atoms with E-state index in [1.165, 1.54) is 0 Å². The smallest absolute Gasteiger partial charge is 0.241 e. The number of amides is 1. The van der Waals surface area contributed by atoms with Crippen LogP contribution >= 0.6 is 11.8 Å². The van der Waals surface area contributed by atoms with E-state index in [1.807, 2.05) is 0 Å². The van der Waals surface area contributed by atoms with Gasteiger partial charge in [-0.3, -0.25) is 10.1 Å². The second-order valence-corrected chi connectivity index (χ2v) is 4.62. The lowest BCUT2D eigenvalue weighted by atomic mass is 10.2. The first-order valence-electron chi connectivity index (χ1n) is 4.84. The van der Waals surface area contributed by atoms with Crippen molar-refractivity contribution in [1.29, 1.82) is 5.26 Å². The van der Waals surface area contributed by atoms with Gasteiger partial charge in [-0.1, -0.05) is 0 Å². The Morgan fingerprint density at radius 1 is 1.64 bits per heavy atom. The molecule has 0 saturated carbocycles. The Labute approximate surface area is 87.6 Å². The maximum atomic E-state index is 11.9. The zero-order valence-electron chi connectivity index (χ0n) is 7.90. The molecule has 76 valence electrons. The first-order valence-corrected chi connectivity index (χ1v) is 5.99. The Morgan fingerprint density at radius 2 is 2.50 bits per heavy atom. The van der Waals surface area contributed by atoms with E-state index < -0.39 is 0 Å². The molecule has 0 spiro atoms. The second-order valence-electron chi connectivity index (χ2n) is 3.59. The van der Waals surface area contributed by atoms with Crippen molar-refractivity contribution >= 4 is 17.7 Å². The number of nitrogens with zero attached hydrogens (tertiary/aromatic N) is 2. The Kier molecular flexibility index (Phi) is 2.94. The van der Waals surface area contributed by atoms with Gasteiger partial charge >= 0.3 is 0 Å². The fraction of sp³-hybridized carbons (Fsp3) is 0.778. The van der Waals surface area contributed by atoms with E-state index in [0.717, 1.165) is 31.0 Å². The molecule has 0 bridgehead atoms. The third-order valence-electron chi connectivity index (χ3n) is 2.70. The molecule has 0 unspecified atom stereocenters. The molecular formula is C9H13N3OS. The van der Waals surface area contributed by atoms with Crippen molar-refractivity contribution in [2.75, 3.05) is 18.2 Å². The number of nitrogens with one attached hydrogen (secondary N) is 1. The molecule has 0 aromatic carbocycles. The molecule has 0 aliphatic carbocycles. The molecule has 2 heterocycles. The normalized spacial score (nSPS) is 31.8. The van der Waals surface area contributed by atoms with E-state index in [9.17, 15) is 4.79 Å². The molecule has 2 atom stereocenters. The molecule has 2 aliphatic heterocycles. The standard InChI is InChI=1S/C9H13N3OS/c10-4-7-2-1-3-12(7)9(13)8-5-14-6-11-8/h7-8,11H,1-3,5-6H2/t7-,8-/m0/s1. The molecule has 2 rings (SSSR count). The van der Waals surface area contributed by atoms with Gasteiger partial charge in [0, 0.05) is 18.2 Å². The molecule has 0 aromatic rings. The van der Waals surface area contributed by atoms with E-state index in [0.29, 0.717) is 0 Å². The van der Waals surface area contributed by atoms with Crippen LogP contribution < -0.4 is 5.32 Å². The van der Waals surface area contributed by atoms with Crippen LogP contribution in [0.1, 0.15) is 12.8 Å². The number of carbonyl (C=O) groups is 1. The van der Waals surface area contributed by atoms with Crippen molar-refractivity contribution < 1.29 is 4.79 Å². The highest BCUT2D eigenvalue weighted by molar-refractivity contribution is 7.99.